The van der Waals surface area contributed by atoms with Crippen molar-refractivity contribution >= 4 is 12.4 Å². The number of rotatable bonds is 9. The number of ether oxygens (including phenoxy) is 2. The van der Waals surface area contributed by atoms with E-state index in [0.717, 1.165) is 0 Å². The Labute approximate surface area is 101 Å². The summed E-state index contributed by atoms with van der Waals surface area (Å²) in [5.41, 5.74) is 0. The van der Waals surface area contributed by atoms with Gasteiger partial charge >= 0.3 is 5.97 Å². The predicted octanol–water partition coefficient (Wildman–Crippen LogP) is -0.302. The average molecular weight is 247 g/mol. The van der Waals surface area contributed by atoms with Gasteiger partial charge in [-0.05, 0) is 13.8 Å². The lowest BCUT2D eigenvalue weighted by Crippen LogP contribution is -2.49. The van der Waals surface area contributed by atoms with Gasteiger partial charge in [-0.25, -0.2) is 4.79 Å². The minimum Gasteiger partial charge on any atom is -0.464 e. The molecular formula is C11H21NO5. The van der Waals surface area contributed by atoms with Gasteiger partial charge in [0.1, 0.15) is 0 Å². The van der Waals surface area contributed by atoms with Gasteiger partial charge in [-0.3, -0.25) is 4.79 Å². The number of hydrogen-bond donors (Lipinski definition) is 2. The van der Waals surface area contributed by atoms with E-state index in [0.29, 0.717) is 19.6 Å². The molecule has 0 aromatic heterocycles. The minimum absolute atomic E-state index is 0.197. The van der Waals surface area contributed by atoms with Crippen molar-refractivity contribution in [2.75, 3.05) is 19.8 Å². The largest absolute Gasteiger partial charge is 0.464 e. The maximum atomic E-state index is 11.5. The van der Waals surface area contributed by atoms with E-state index >= 15 is 0 Å². The third-order valence-corrected chi connectivity index (χ3v) is 2.30. The Morgan fingerprint density at radius 1 is 1.41 bits per heavy atom. The van der Waals surface area contributed by atoms with Crippen LogP contribution in [-0.2, 0) is 19.1 Å². The van der Waals surface area contributed by atoms with Crippen molar-refractivity contribution in [2.24, 2.45) is 5.92 Å². The van der Waals surface area contributed by atoms with E-state index in [1.165, 1.54) is 0 Å². The smallest absolute Gasteiger partial charge is 0.331 e. The van der Waals surface area contributed by atoms with Gasteiger partial charge in [-0.15, -0.1) is 0 Å². The highest BCUT2D eigenvalue weighted by Gasteiger charge is 2.31. The highest BCUT2D eigenvalue weighted by Crippen LogP contribution is 2.09. The lowest BCUT2D eigenvalue weighted by Gasteiger charge is -2.25. The standard InChI is InChI=1S/C11H21NO5/c1-4-16-6-8(3)10(14)9(12-7-13)11(15)17-5-2/h7-10,14H,4-6H2,1-3H3,(H,12,13). The first kappa shape index (κ1) is 15.9. The molecule has 0 spiro atoms. The molecule has 2 N–H and O–H groups in total. The third kappa shape index (κ3) is 5.65. The minimum atomic E-state index is -1.05. The Morgan fingerprint density at radius 3 is 2.53 bits per heavy atom. The van der Waals surface area contributed by atoms with E-state index in [1.54, 1.807) is 13.8 Å². The summed E-state index contributed by atoms with van der Waals surface area (Å²) in [5.74, 6) is -0.924. The van der Waals surface area contributed by atoms with E-state index in [4.69, 9.17) is 9.47 Å². The summed E-state index contributed by atoms with van der Waals surface area (Å²) in [5, 5.41) is 12.2. The zero-order valence-electron chi connectivity index (χ0n) is 10.5. The maximum absolute atomic E-state index is 11.5. The Bertz CT molecular complexity index is 234. The zero-order valence-corrected chi connectivity index (χ0v) is 10.5. The van der Waals surface area contributed by atoms with E-state index in [2.05, 4.69) is 5.32 Å². The van der Waals surface area contributed by atoms with Crippen LogP contribution < -0.4 is 5.32 Å². The highest BCUT2D eigenvalue weighted by atomic mass is 16.5. The molecular weight excluding hydrogens is 226 g/mol. The van der Waals surface area contributed by atoms with Crippen molar-refractivity contribution in [3.63, 3.8) is 0 Å². The first-order valence-electron chi connectivity index (χ1n) is 5.70. The van der Waals surface area contributed by atoms with Crippen LogP contribution in [-0.4, -0.2) is 49.5 Å². The first-order valence-corrected chi connectivity index (χ1v) is 5.70. The van der Waals surface area contributed by atoms with Gasteiger partial charge < -0.3 is 19.9 Å². The second kappa shape index (κ2) is 8.95. The molecule has 0 saturated carbocycles. The number of esters is 1. The van der Waals surface area contributed by atoms with Gasteiger partial charge in [0, 0.05) is 12.5 Å². The van der Waals surface area contributed by atoms with Gasteiger partial charge in [-0.1, -0.05) is 6.92 Å². The number of aliphatic hydroxyl groups is 1. The van der Waals surface area contributed by atoms with Crippen molar-refractivity contribution < 1.29 is 24.2 Å². The Balaban J connectivity index is 4.45. The topological polar surface area (TPSA) is 84.9 Å². The van der Waals surface area contributed by atoms with Crippen LogP contribution in [0.1, 0.15) is 20.8 Å². The average Bonchev–Trinajstić information content (AvgIpc) is 2.32. The fraction of sp³-hybridized carbons (Fsp3) is 0.818. The van der Waals surface area contributed by atoms with Crippen molar-refractivity contribution in [3.8, 4) is 0 Å². The van der Waals surface area contributed by atoms with Crippen LogP contribution in [0.15, 0.2) is 0 Å². The van der Waals surface area contributed by atoms with Crippen LogP contribution in [0.5, 0.6) is 0 Å². The van der Waals surface area contributed by atoms with Crippen molar-refractivity contribution in [3.05, 3.63) is 0 Å². The summed E-state index contributed by atoms with van der Waals surface area (Å²) in [6.45, 7) is 6.27. The normalized spacial score (nSPS) is 15.8. The number of nitrogens with one attached hydrogen (secondary N) is 1. The molecule has 0 rings (SSSR count). The van der Waals surface area contributed by atoms with E-state index in [1.807, 2.05) is 6.92 Å². The Hall–Kier alpha value is -1.14. The molecule has 0 heterocycles. The Kier molecular flexibility index (Phi) is 8.35. The second-order valence-corrected chi connectivity index (χ2v) is 3.64. The first-order chi connectivity index (χ1) is 8.08. The van der Waals surface area contributed by atoms with E-state index in [-0.39, 0.29) is 12.5 Å². The van der Waals surface area contributed by atoms with E-state index < -0.39 is 18.1 Å². The van der Waals surface area contributed by atoms with Crippen molar-refractivity contribution in [1.29, 1.82) is 0 Å². The summed E-state index contributed by atoms with van der Waals surface area (Å²) in [6.07, 6.45) is -0.663. The molecule has 0 fully saturated rings. The molecule has 100 valence electrons. The van der Waals surface area contributed by atoms with Crippen molar-refractivity contribution in [1.82, 2.24) is 5.32 Å². The number of carbonyl (C=O) groups is 2. The Morgan fingerprint density at radius 2 is 2.06 bits per heavy atom. The molecule has 6 heteroatoms. The molecule has 1 amide bonds. The number of carbonyl (C=O) groups excluding carboxylic acids is 2. The molecule has 3 unspecified atom stereocenters. The molecule has 0 aromatic rings. The van der Waals surface area contributed by atoms with E-state index in [9.17, 15) is 14.7 Å². The summed E-state index contributed by atoms with van der Waals surface area (Å²) in [4.78, 5) is 21.9. The second-order valence-electron chi connectivity index (χ2n) is 3.64. The monoisotopic (exact) mass is 247 g/mol. The molecule has 0 aliphatic carbocycles. The van der Waals surface area contributed by atoms with Gasteiger partial charge in [-0.2, -0.15) is 0 Å². The molecule has 0 bridgehead atoms. The van der Waals surface area contributed by atoms with Crippen LogP contribution in [0.2, 0.25) is 0 Å². The highest BCUT2D eigenvalue weighted by molar-refractivity contribution is 5.79. The molecule has 17 heavy (non-hydrogen) atoms. The number of amides is 1. The van der Waals surface area contributed by atoms with Crippen LogP contribution in [0.4, 0.5) is 0 Å². The molecule has 0 aromatic carbocycles. The fourth-order valence-electron chi connectivity index (χ4n) is 1.34. The maximum Gasteiger partial charge on any atom is 0.331 e. The van der Waals surface area contributed by atoms with Gasteiger partial charge in [0.05, 0.1) is 19.3 Å². The summed E-state index contributed by atoms with van der Waals surface area (Å²) in [6, 6.07) is -1.05. The fourth-order valence-corrected chi connectivity index (χ4v) is 1.34. The molecule has 6 nitrogen and oxygen atoms in total. The molecule has 3 atom stereocenters. The SMILES string of the molecule is CCOCC(C)C(O)C(NC=O)C(=O)OCC. The van der Waals surface area contributed by atoms with Crippen LogP contribution >= 0.6 is 0 Å². The van der Waals surface area contributed by atoms with Crippen molar-refractivity contribution in [2.45, 2.75) is 32.9 Å². The lowest BCUT2D eigenvalue weighted by molar-refractivity contribution is -0.151. The number of aliphatic hydroxyl groups excluding tert-OH is 1. The number of hydrogen-bond acceptors (Lipinski definition) is 5. The molecule has 0 aliphatic rings. The molecule has 0 aliphatic heterocycles. The lowest BCUT2D eigenvalue weighted by atomic mass is 9.98. The van der Waals surface area contributed by atoms with Gasteiger partial charge in [0.25, 0.3) is 0 Å². The molecule has 0 radical (unpaired) electrons. The third-order valence-electron chi connectivity index (χ3n) is 2.30. The summed E-state index contributed by atoms with van der Waals surface area (Å²) >= 11 is 0. The summed E-state index contributed by atoms with van der Waals surface area (Å²) < 4.78 is 9.93. The zero-order chi connectivity index (χ0) is 13.3. The molecule has 0 saturated heterocycles. The van der Waals surface area contributed by atoms with Crippen LogP contribution in [0.25, 0.3) is 0 Å². The van der Waals surface area contributed by atoms with Crippen LogP contribution in [0.3, 0.4) is 0 Å². The summed E-state index contributed by atoms with van der Waals surface area (Å²) in [7, 11) is 0. The quantitative estimate of drug-likeness (QED) is 0.431. The van der Waals surface area contributed by atoms with Gasteiger partial charge in [0.2, 0.25) is 6.41 Å². The predicted molar refractivity (Wildman–Crippen MR) is 61.3 cm³/mol. The van der Waals surface area contributed by atoms with Crippen LogP contribution in [0, 0.1) is 5.92 Å². The van der Waals surface area contributed by atoms with Gasteiger partial charge in [0.15, 0.2) is 6.04 Å².